The molecule has 2 aliphatic rings. The number of aromatic nitrogens is 1. The lowest BCUT2D eigenvalue weighted by molar-refractivity contribution is -0.192. The first-order valence-electron chi connectivity index (χ1n) is 11.3. The van der Waals surface area contributed by atoms with Crippen molar-refractivity contribution in [2.45, 2.75) is 50.6 Å². The molecule has 1 fully saturated rings. The molecule has 1 aliphatic carbocycles. The molecular formula is C25H28F3N3O3. The van der Waals surface area contributed by atoms with Crippen molar-refractivity contribution in [2.24, 2.45) is 5.73 Å². The first-order chi connectivity index (χ1) is 16.2. The van der Waals surface area contributed by atoms with E-state index in [-0.39, 0.29) is 5.91 Å². The summed E-state index contributed by atoms with van der Waals surface area (Å²) < 4.78 is 31.7. The molecule has 0 radical (unpaired) electrons. The highest BCUT2D eigenvalue weighted by molar-refractivity contribution is 5.98. The molecule has 1 amide bonds. The Labute approximate surface area is 196 Å². The fourth-order valence-electron chi connectivity index (χ4n) is 4.36. The van der Waals surface area contributed by atoms with Crippen molar-refractivity contribution >= 4 is 23.3 Å². The van der Waals surface area contributed by atoms with E-state index in [4.69, 9.17) is 15.6 Å². The molecule has 0 saturated carbocycles. The Morgan fingerprint density at radius 1 is 1.09 bits per heavy atom. The highest BCUT2D eigenvalue weighted by Gasteiger charge is 2.38. The topological polar surface area (TPSA) is 96.5 Å². The van der Waals surface area contributed by atoms with E-state index in [9.17, 15) is 18.0 Å². The van der Waals surface area contributed by atoms with Crippen LogP contribution in [0.1, 0.15) is 65.9 Å². The van der Waals surface area contributed by atoms with Gasteiger partial charge in [0, 0.05) is 24.8 Å². The summed E-state index contributed by atoms with van der Waals surface area (Å²) in [5.74, 6) is -1.50. The van der Waals surface area contributed by atoms with Crippen molar-refractivity contribution in [3.05, 3.63) is 65.4 Å². The lowest BCUT2D eigenvalue weighted by atomic mass is 9.84. The maximum atomic E-state index is 11.9. The van der Waals surface area contributed by atoms with Gasteiger partial charge in [-0.05, 0) is 79.3 Å². The normalized spacial score (nSPS) is 16.8. The van der Waals surface area contributed by atoms with Crippen molar-refractivity contribution in [3.63, 3.8) is 0 Å². The van der Waals surface area contributed by atoms with Gasteiger partial charge in [-0.15, -0.1) is 0 Å². The summed E-state index contributed by atoms with van der Waals surface area (Å²) >= 11 is 0. The average Bonchev–Trinajstić information content (AvgIpc) is 2.84. The van der Waals surface area contributed by atoms with Gasteiger partial charge in [0.15, 0.2) is 0 Å². The van der Waals surface area contributed by atoms with Gasteiger partial charge in [0.1, 0.15) is 5.82 Å². The fraction of sp³-hybridized carbons (Fsp3) is 0.400. The van der Waals surface area contributed by atoms with Crippen LogP contribution in [0.25, 0.3) is 5.57 Å². The molecule has 34 heavy (non-hydrogen) atoms. The van der Waals surface area contributed by atoms with Crippen molar-refractivity contribution in [1.82, 2.24) is 4.98 Å². The zero-order valence-electron chi connectivity index (χ0n) is 18.7. The monoisotopic (exact) mass is 475 g/mol. The number of carbonyl (C=O) groups excluding carboxylic acids is 1. The summed E-state index contributed by atoms with van der Waals surface area (Å²) in [7, 11) is 0. The molecule has 2 heterocycles. The number of alkyl halides is 3. The van der Waals surface area contributed by atoms with Crippen LogP contribution in [0.4, 0.5) is 19.0 Å². The van der Waals surface area contributed by atoms with Crippen LogP contribution in [0.2, 0.25) is 0 Å². The Bertz CT molecular complexity index is 1030. The second kappa shape index (κ2) is 11.2. The summed E-state index contributed by atoms with van der Waals surface area (Å²) in [5, 5.41) is 7.12. The van der Waals surface area contributed by atoms with E-state index in [2.05, 4.69) is 34.2 Å². The molecule has 1 aromatic carbocycles. The lowest BCUT2D eigenvalue weighted by Gasteiger charge is -2.33. The van der Waals surface area contributed by atoms with Crippen LogP contribution < -0.4 is 10.6 Å². The van der Waals surface area contributed by atoms with E-state index in [1.807, 2.05) is 24.4 Å². The number of halogens is 3. The zero-order valence-corrected chi connectivity index (χ0v) is 18.7. The number of rotatable bonds is 4. The van der Waals surface area contributed by atoms with Crippen LogP contribution in [-0.4, -0.2) is 41.2 Å². The van der Waals surface area contributed by atoms with E-state index in [0.29, 0.717) is 11.5 Å². The van der Waals surface area contributed by atoms with Crippen LogP contribution in [0, 0.1) is 0 Å². The predicted molar refractivity (Wildman–Crippen MR) is 124 cm³/mol. The molecule has 1 aliphatic heterocycles. The number of hydrogen-bond donors (Lipinski definition) is 2. The van der Waals surface area contributed by atoms with Gasteiger partial charge >= 0.3 is 12.1 Å². The van der Waals surface area contributed by atoms with E-state index < -0.39 is 12.1 Å². The molecule has 0 bridgehead atoms. The van der Waals surface area contributed by atoms with Gasteiger partial charge in [-0.3, -0.25) is 4.79 Å². The van der Waals surface area contributed by atoms with Gasteiger partial charge in [0.2, 0.25) is 5.91 Å². The third kappa shape index (κ3) is 6.59. The third-order valence-corrected chi connectivity index (χ3v) is 6.13. The Morgan fingerprint density at radius 2 is 1.79 bits per heavy atom. The van der Waals surface area contributed by atoms with E-state index in [0.717, 1.165) is 50.2 Å². The molecule has 3 N–H and O–H groups in total. The Morgan fingerprint density at radius 3 is 2.32 bits per heavy atom. The van der Waals surface area contributed by atoms with Crippen LogP contribution in [0.3, 0.4) is 0 Å². The number of allylic oxidation sites excluding steroid dienone is 2. The molecule has 0 atom stereocenters. The SMILES string of the molecule is NC(=O)c1ccc(C2CCN(c3ccccn3)CC2)cc1C1=CCCCC1.O=C(O)C(F)(F)F. The molecule has 1 aromatic heterocycles. The van der Waals surface area contributed by atoms with Gasteiger partial charge in [-0.2, -0.15) is 13.2 Å². The van der Waals surface area contributed by atoms with Gasteiger partial charge in [-0.1, -0.05) is 24.3 Å². The number of primary amides is 1. The molecule has 1 saturated heterocycles. The molecular weight excluding hydrogens is 447 g/mol. The molecule has 182 valence electrons. The predicted octanol–water partition coefficient (Wildman–Crippen LogP) is 5.16. The lowest BCUT2D eigenvalue weighted by Crippen LogP contribution is -2.33. The smallest absolute Gasteiger partial charge is 0.475 e. The second-order valence-electron chi connectivity index (χ2n) is 8.40. The summed E-state index contributed by atoms with van der Waals surface area (Å²) in [6.07, 6.45) is 5.84. The van der Waals surface area contributed by atoms with E-state index in [1.54, 1.807) is 0 Å². The van der Waals surface area contributed by atoms with Crippen LogP contribution in [0.15, 0.2) is 48.7 Å². The first-order valence-corrected chi connectivity index (χ1v) is 11.3. The standard InChI is InChI=1S/C23H27N3O.C2HF3O2/c24-23(27)20-10-9-19(16-21(20)18-6-2-1-3-7-18)17-11-14-26(15-12-17)22-8-4-5-13-25-22;3-2(4,5)1(6)7/h4-6,8-10,13,16-17H,1-3,7,11-12,14-15H2,(H2,24,27);(H,6,7). The minimum Gasteiger partial charge on any atom is -0.475 e. The highest BCUT2D eigenvalue weighted by atomic mass is 19.4. The van der Waals surface area contributed by atoms with Crippen molar-refractivity contribution in [2.75, 3.05) is 18.0 Å². The van der Waals surface area contributed by atoms with Gasteiger partial charge in [0.25, 0.3) is 0 Å². The minimum atomic E-state index is -5.08. The number of aliphatic carboxylic acids is 1. The zero-order chi connectivity index (χ0) is 24.7. The molecule has 4 rings (SSSR count). The highest BCUT2D eigenvalue weighted by Crippen LogP contribution is 2.35. The number of nitrogens with zero attached hydrogens (tertiary/aromatic N) is 2. The third-order valence-electron chi connectivity index (χ3n) is 6.13. The number of benzene rings is 1. The number of carbonyl (C=O) groups is 2. The van der Waals surface area contributed by atoms with Crippen LogP contribution >= 0.6 is 0 Å². The molecule has 2 aromatic rings. The number of carboxylic acid groups (broad SMARTS) is 1. The summed E-state index contributed by atoms with van der Waals surface area (Å²) in [6.45, 7) is 2.02. The first kappa shape index (κ1) is 25.3. The molecule has 0 spiro atoms. The number of hydrogen-bond acceptors (Lipinski definition) is 4. The largest absolute Gasteiger partial charge is 0.490 e. The van der Waals surface area contributed by atoms with Gasteiger partial charge in [0.05, 0.1) is 0 Å². The van der Waals surface area contributed by atoms with E-state index >= 15 is 0 Å². The van der Waals surface area contributed by atoms with Crippen molar-refractivity contribution < 1.29 is 27.9 Å². The maximum Gasteiger partial charge on any atom is 0.490 e. The number of carboxylic acids is 1. The number of amides is 1. The van der Waals surface area contributed by atoms with Crippen molar-refractivity contribution in [3.8, 4) is 0 Å². The Balaban J connectivity index is 0.000000406. The fourth-order valence-corrected chi connectivity index (χ4v) is 4.36. The Hall–Kier alpha value is -3.36. The number of anilines is 1. The minimum absolute atomic E-state index is 0.326. The molecule has 6 nitrogen and oxygen atoms in total. The average molecular weight is 476 g/mol. The van der Waals surface area contributed by atoms with Gasteiger partial charge < -0.3 is 15.7 Å². The van der Waals surface area contributed by atoms with Crippen LogP contribution in [-0.2, 0) is 4.79 Å². The van der Waals surface area contributed by atoms with Gasteiger partial charge in [-0.25, -0.2) is 9.78 Å². The maximum absolute atomic E-state index is 11.9. The van der Waals surface area contributed by atoms with Crippen molar-refractivity contribution in [1.29, 1.82) is 0 Å². The summed E-state index contributed by atoms with van der Waals surface area (Å²) in [6, 6.07) is 12.4. The summed E-state index contributed by atoms with van der Waals surface area (Å²) in [4.78, 5) is 27.7. The van der Waals surface area contributed by atoms with Crippen LogP contribution in [0.5, 0.6) is 0 Å². The number of pyridine rings is 1. The second-order valence-corrected chi connectivity index (χ2v) is 8.40. The number of nitrogens with two attached hydrogens (primary N) is 1. The molecule has 9 heteroatoms. The summed E-state index contributed by atoms with van der Waals surface area (Å²) in [5.41, 5.74) is 10.0. The van der Waals surface area contributed by atoms with E-state index in [1.165, 1.54) is 24.0 Å². The quantitative estimate of drug-likeness (QED) is 0.637. The molecule has 0 unspecified atom stereocenters. The Kier molecular flexibility index (Phi) is 8.31. The number of piperidine rings is 1.